The van der Waals surface area contributed by atoms with Crippen molar-refractivity contribution in [3.8, 4) is 0 Å². The summed E-state index contributed by atoms with van der Waals surface area (Å²) in [5, 5.41) is 8.39. The van der Waals surface area contributed by atoms with Gasteiger partial charge in [-0.2, -0.15) is 0 Å². The number of rotatable bonds is 6. The molecule has 1 aromatic heterocycles. The zero-order valence-electron chi connectivity index (χ0n) is 13.5. The summed E-state index contributed by atoms with van der Waals surface area (Å²) < 4.78 is 2.08. The smallest absolute Gasteiger partial charge is 0.135 e. The maximum atomic E-state index is 4.34. The lowest BCUT2D eigenvalue weighted by Crippen LogP contribution is -2.44. The molecular weight excluding hydrogens is 272 g/mol. The van der Waals surface area contributed by atoms with Gasteiger partial charge >= 0.3 is 0 Å². The van der Waals surface area contributed by atoms with Crippen LogP contribution in [0.15, 0.2) is 43.3 Å². The largest absolute Gasteiger partial charge is 0.320 e. The first kappa shape index (κ1) is 15.2. The molecule has 0 radical (unpaired) electrons. The SMILES string of the molecule is C=C/C=C(\C=C)CN1CCC(c2nncn2C)CC1C1CC1. The third-order valence-electron chi connectivity index (χ3n) is 5.02. The lowest BCUT2D eigenvalue weighted by Gasteiger charge is -2.39. The molecule has 118 valence electrons. The average molecular weight is 298 g/mol. The molecule has 1 aliphatic carbocycles. The van der Waals surface area contributed by atoms with Crippen molar-refractivity contribution >= 4 is 0 Å². The van der Waals surface area contributed by atoms with Crippen molar-refractivity contribution in [2.45, 2.75) is 37.6 Å². The van der Waals surface area contributed by atoms with Crippen LogP contribution in [0.25, 0.3) is 0 Å². The molecule has 2 aliphatic rings. The van der Waals surface area contributed by atoms with Gasteiger partial charge in [0.15, 0.2) is 0 Å². The molecule has 3 rings (SSSR count). The molecule has 2 heterocycles. The molecule has 1 aromatic rings. The molecule has 22 heavy (non-hydrogen) atoms. The van der Waals surface area contributed by atoms with Crippen molar-refractivity contribution in [2.75, 3.05) is 13.1 Å². The standard InChI is InChI=1S/C18H26N4/c1-4-6-14(5-2)12-22-10-9-16(11-17(22)15-7-8-15)18-20-19-13-21(18)3/h4-6,13,15-17H,1-2,7-12H2,3H3/b14-6+. The van der Waals surface area contributed by atoms with E-state index in [0.29, 0.717) is 12.0 Å². The Morgan fingerprint density at radius 1 is 1.36 bits per heavy atom. The molecule has 2 atom stereocenters. The van der Waals surface area contributed by atoms with Crippen molar-refractivity contribution in [1.82, 2.24) is 19.7 Å². The van der Waals surface area contributed by atoms with Crippen LogP contribution >= 0.6 is 0 Å². The molecule has 2 unspecified atom stereocenters. The minimum absolute atomic E-state index is 0.546. The number of allylic oxidation sites excluding steroid dienone is 2. The van der Waals surface area contributed by atoms with E-state index in [9.17, 15) is 0 Å². The van der Waals surface area contributed by atoms with Gasteiger partial charge in [-0.1, -0.05) is 31.4 Å². The summed E-state index contributed by atoms with van der Waals surface area (Å²) in [6.45, 7) is 9.85. The highest BCUT2D eigenvalue weighted by Gasteiger charge is 2.40. The van der Waals surface area contributed by atoms with Crippen molar-refractivity contribution in [3.63, 3.8) is 0 Å². The summed E-state index contributed by atoms with van der Waals surface area (Å²) in [7, 11) is 2.05. The molecule has 0 aromatic carbocycles. The number of piperidine rings is 1. The quantitative estimate of drug-likeness (QED) is 0.757. The van der Waals surface area contributed by atoms with Crippen LogP contribution in [0.3, 0.4) is 0 Å². The Labute approximate surface area is 133 Å². The van der Waals surface area contributed by atoms with E-state index in [-0.39, 0.29) is 0 Å². The molecule has 4 nitrogen and oxygen atoms in total. The first-order valence-corrected chi connectivity index (χ1v) is 8.25. The van der Waals surface area contributed by atoms with Gasteiger partial charge in [-0.3, -0.25) is 4.90 Å². The number of hydrogen-bond acceptors (Lipinski definition) is 3. The second-order valence-corrected chi connectivity index (χ2v) is 6.58. The Kier molecular flexibility index (Phi) is 4.57. The first-order chi connectivity index (χ1) is 10.7. The average Bonchev–Trinajstić information content (AvgIpc) is 3.29. The number of hydrogen-bond donors (Lipinski definition) is 0. The van der Waals surface area contributed by atoms with Gasteiger partial charge in [0, 0.05) is 25.6 Å². The summed E-state index contributed by atoms with van der Waals surface area (Å²) in [5.74, 6) is 2.56. The lowest BCUT2D eigenvalue weighted by molar-refractivity contribution is 0.127. The molecule has 0 spiro atoms. The van der Waals surface area contributed by atoms with E-state index in [1.165, 1.54) is 24.8 Å². The molecular formula is C18H26N4. The molecule has 1 aliphatic heterocycles. The molecule has 1 saturated heterocycles. The van der Waals surface area contributed by atoms with E-state index in [4.69, 9.17) is 0 Å². The second-order valence-electron chi connectivity index (χ2n) is 6.58. The van der Waals surface area contributed by atoms with Gasteiger partial charge in [-0.25, -0.2) is 0 Å². The molecule has 1 saturated carbocycles. The highest BCUT2D eigenvalue weighted by Crippen LogP contribution is 2.43. The van der Waals surface area contributed by atoms with E-state index in [2.05, 4.69) is 45.9 Å². The van der Waals surface area contributed by atoms with Crippen LogP contribution in [0.1, 0.15) is 37.4 Å². The summed E-state index contributed by atoms with van der Waals surface area (Å²) in [4.78, 5) is 2.64. The van der Waals surface area contributed by atoms with Gasteiger partial charge in [0.2, 0.25) is 0 Å². The summed E-state index contributed by atoms with van der Waals surface area (Å²) in [5.41, 5.74) is 1.26. The monoisotopic (exact) mass is 298 g/mol. The number of aromatic nitrogens is 3. The van der Waals surface area contributed by atoms with Gasteiger partial charge in [0.25, 0.3) is 0 Å². The minimum atomic E-state index is 0.546. The number of aryl methyl sites for hydroxylation is 1. The second kappa shape index (κ2) is 6.61. The zero-order chi connectivity index (χ0) is 15.5. The molecule has 2 fully saturated rings. The van der Waals surface area contributed by atoms with Crippen molar-refractivity contribution < 1.29 is 0 Å². The predicted molar refractivity (Wildman–Crippen MR) is 89.5 cm³/mol. The van der Waals surface area contributed by atoms with Crippen LogP contribution in [-0.2, 0) is 7.05 Å². The molecule has 0 N–H and O–H groups in total. The minimum Gasteiger partial charge on any atom is -0.320 e. The zero-order valence-corrected chi connectivity index (χ0v) is 13.5. The van der Waals surface area contributed by atoms with Crippen molar-refractivity contribution in [3.05, 3.63) is 49.1 Å². The van der Waals surface area contributed by atoms with E-state index >= 15 is 0 Å². The Balaban J connectivity index is 1.72. The van der Waals surface area contributed by atoms with Crippen molar-refractivity contribution in [1.29, 1.82) is 0 Å². The van der Waals surface area contributed by atoms with Crippen molar-refractivity contribution in [2.24, 2.45) is 13.0 Å². The van der Waals surface area contributed by atoms with Crippen LogP contribution in [0.2, 0.25) is 0 Å². The third kappa shape index (κ3) is 3.22. The third-order valence-corrected chi connectivity index (χ3v) is 5.02. The fourth-order valence-electron chi connectivity index (χ4n) is 3.68. The predicted octanol–water partition coefficient (Wildman–Crippen LogP) is 3.07. The fraction of sp³-hybridized carbons (Fsp3) is 0.556. The Hall–Kier alpha value is -1.68. The maximum absolute atomic E-state index is 4.34. The first-order valence-electron chi connectivity index (χ1n) is 8.25. The Morgan fingerprint density at radius 3 is 2.77 bits per heavy atom. The van der Waals surface area contributed by atoms with Crippen LogP contribution in [0.4, 0.5) is 0 Å². The van der Waals surface area contributed by atoms with Gasteiger partial charge in [0.1, 0.15) is 12.2 Å². The fourth-order valence-corrected chi connectivity index (χ4v) is 3.68. The van der Waals surface area contributed by atoms with E-state index in [1.807, 2.05) is 18.5 Å². The molecule has 0 bridgehead atoms. The van der Waals surface area contributed by atoms with Gasteiger partial charge in [-0.05, 0) is 43.7 Å². The summed E-state index contributed by atoms with van der Waals surface area (Å²) >= 11 is 0. The van der Waals surface area contributed by atoms with Crippen LogP contribution < -0.4 is 0 Å². The summed E-state index contributed by atoms with van der Waals surface area (Å²) in [6, 6.07) is 0.670. The lowest BCUT2D eigenvalue weighted by atomic mass is 9.87. The topological polar surface area (TPSA) is 34.0 Å². The van der Waals surface area contributed by atoms with E-state index < -0.39 is 0 Å². The van der Waals surface area contributed by atoms with Crippen LogP contribution in [-0.4, -0.2) is 38.8 Å². The highest BCUT2D eigenvalue weighted by atomic mass is 15.3. The Bertz CT molecular complexity index is 567. The summed E-state index contributed by atoms with van der Waals surface area (Å²) in [6.07, 6.45) is 12.8. The number of likely N-dealkylation sites (tertiary alicyclic amines) is 1. The Morgan fingerprint density at radius 2 is 2.18 bits per heavy atom. The van der Waals surface area contributed by atoms with Gasteiger partial charge < -0.3 is 4.57 Å². The highest BCUT2D eigenvalue weighted by molar-refractivity contribution is 5.23. The van der Waals surface area contributed by atoms with Gasteiger partial charge in [-0.15, -0.1) is 10.2 Å². The molecule has 4 heteroatoms. The van der Waals surface area contributed by atoms with E-state index in [1.54, 1.807) is 0 Å². The maximum Gasteiger partial charge on any atom is 0.135 e. The van der Waals surface area contributed by atoms with E-state index in [0.717, 1.165) is 31.3 Å². The van der Waals surface area contributed by atoms with Crippen LogP contribution in [0.5, 0.6) is 0 Å². The molecule has 0 amide bonds. The number of nitrogens with zero attached hydrogens (tertiary/aromatic N) is 4. The normalized spacial score (nSPS) is 26.9. The van der Waals surface area contributed by atoms with Gasteiger partial charge in [0.05, 0.1) is 0 Å². The van der Waals surface area contributed by atoms with Crippen LogP contribution in [0, 0.1) is 5.92 Å².